The van der Waals surface area contributed by atoms with Gasteiger partial charge in [0.15, 0.2) is 5.78 Å². The van der Waals surface area contributed by atoms with E-state index in [0.29, 0.717) is 29.8 Å². The van der Waals surface area contributed by atoms with Crippen molar-refractivity contribution in [2.75, 3.05) is 5.32 Å². The number of carbonyl (C=O) groups is 2. The van der Waals surface area contributed by atoms with Crippen molar-refractivity contribution < 1.29 is 18.4 Å². The topological polar surface area (TPSA) is 58.5 Å². The number of aliphatic imine (C=N–C) groups is 1. The number of hydrogen-bond donors (Lipinski definition) is 1. The average molecular weight is 471 g/mol. The molecule has 3 atom stereocenters. The van der Waals surface area contributed by atoms with Gasteiger partial charge in [0.25, 0.3) is 0 Å². The van der Waals surface area contributed by atoms with Crippen LogP contribution in [0.4, 0.5) is 14.5 Å². The summed E-state index contributed by atoms with van der Waals surface area (Å²) < 4.78 is 28.6. The third-order valence-electron chi connectivity index (χ3n) is 6.81. The normalized spacial score (nSPS) is 21.9. The number of carbonyl (C=O) groups excluding carboxylic acids is 2. The van der Waals surface area contributed by atoms with Crippen LogP contribution < -0.4 is 5.32 Å². The first-order valence-electron chi connectivity index (χ1n) is 11.6. The maximum Gasteiger partial charge on any atom is 0.234 e. The molecule has 4 nitrogen and oxygen atoms in total. The Morgan fingerprint density at radius 1 is 0.857 bits per heavy atom. The van der Waals surface area contributed by atoms with Gasteiger partial charge in [0.2, 0.25) is 5.91 Å². The number of nitrogens with one attached hydrogen (secondary N) is 1. The molecule has 0 fully saturated rings. The van der Waals surface area contributed by atoms with Crippen molar-refractivity contribution in [2.45, 2.75) is 31.6 Å². The van der Waals surface area contributed by atoms with Crippen LogP contribution in [-0.2, 0) is 9.59 Å². The molecule has 1 aliphatic carbocycles. The minimum absolute atomic E-state index is 0.00769. The number of hydrogen-bond acceptors (Lipinski definition) is 3. The Morgan fingerprint density at radius 3 is 2.09 bits per heavy atom. The van der Waals surface area contributed by atoms with E-state index >= 15 is 0 Å². The summed E-state index contributed by atoms with van der Waals surface area (Å²) in [4.78, 5) is 31.8. The second-order valence-electron chi connectivity index (χ2n) is 9.00. The SMILES string of the molecule is CC1=NC2=C(C(=O)C[C@H](c3ccccc3)C2)[C@H](c2ccccc2)C1C(=O)Nc1c(F)cccc1F. The van der Waals surface area contributed by atoms with E-state index in [9.17, 15) is 18.4 Å². The monoisotopic (exact) mass is 470 g/mol. The molecule has 1 unspecified atom stereocenters. The van der Waals surface area contributed by atoms with E-state index in [1.807, 2.05) is 60.7 Å². The number of nitrogens with zero attached hydrogens (tertiary/aromatic N) is 1. The van der Waals surface area contributed by atoms with Gasteiger partial charge >= 0.3 is 0 Å². The number of ketones is 1. The highest BCUT2D eigenvalue weighted by Gasteiger charge is 2.44. The molecule has 3 aromatic carbocycles. The summed E-state index contributed by atoms with van der Waals surface area (Å²) in [6, 6.07) is 22.6. The summed E-state index contributed by atoms with van der Waals surface area (Å²) in [5.41, 5.74) is 3.07. The molecule has 1 N–H and O–H groups in total. The number of amides is 1. The molecule has 2 aliphatic rings. The van der Waals surface area contributed by atoms with Crippen LogP contribution in [0.2, 0.25) is 0 Å². The summed E-state index contributed by atoms with van der Waals surface area (Å²) in [5, 5.41) is 2.42. The van der Waals surface area contributed by atoms with Gasteiger partial charge in [-0.1, -0.05) is 66.7 Å². The van der Waals surface area contributed by atoms with Gasteiger partial charge in [-0.15, -0.1) is 0 Å². The van der Waals surface area contributed by atoms with E-state index in [2.05, 4.69) is 5.32 Å². The van der Waals surface area contributed by atoms with Gasteiger partial charge in [0, 0.05) is 29.3 Å². The lowest BCUT2D eigenvalue weighted by Crippen LogP contribution is -2.40. The van der Waals surface area contributed by atoms with Crippen LogP contribution in [-0.4, -0.2) is 17.4 Å². The molecule has 3 aromatic rings. The van der Waals surface area contributed by atoms with Gasteiger partial charge < -0.3 is 5.32 Å². The van der Waals surface area contributed by atoms with Gasteiger partial charge in [0.1, 0.15) is 17.3 Å². The molecule has 1 aliphatic heterocycles. The molecule has 0 bridgehead atoms. The summed E-state index contributed by atoms with van der Waals surface area (Å²) in [5.74, 6) is -3.85. The van der Waals surface area contributed by atoms with Gasteiger partial charge in [0.05, 0.1) is 5.92 Å². The van der Waals surface area contributed by atoms with Crippen LogP contribution in [0.25, 0.3) is 0 Å². The molecule has 0 spiro atoms. The maximum atomic E-state index is 14.3. The van der Waals surface area contributed by atoms with E-state index in [1.165, 1.54) is 6.07 Å². The predicted molar refractivity (Wildman–Crippen MR) is 131 cm³/mol. The highest BCUT2D eigenvalue weighted by Crippen LogP contribution is 2.46. The van der Waals surface area contributed by atoms with E-state index in [4.69, 9.17) is 4.99 Å². The van der Waals surface area contributed by atoms with Crippen molar-refractivity contribution in [3.63, 3.8) is 0 Å². The Bertz CT molecular complexity index is 1330. The van der Waals surface area contributed by atoms with E-state index in [1.54, 1.807) is 6.92 Å². The Balaban J connectivity index is 1.56. The summed E-state index contributed by atoms with van der Waals surface area (Å²) in [6.45, 7) is 1.73. The average Bonchev–Trinajstić information content (AvgIpc) is 2.86. The summed E-state index contributed by atoms with van der Waals surface area (Å²) in [6.07, 6.45) is 0.902. The number of anilines is 1. The van der Waals surface area contributed by atoms with Crippen LogP contribution in [0.1, 0.15) is 42.7 Å². The van der Waals surface area contributed by atoms with Crippen molar-refractivity contribution >= 4 is 23.1 Å². The minimum Gasteiger partial charge on any atom is -0.321 e. The standard InChI is InChI=1S/C29H24F2N2O2/c1-17-25(29(35)33-28-21(30)13-8-14-22(28)31)26(19-11-6-3-7-12-19)27-23(32-17)15-20(16-24(27)34)18-9-4-2-5-10-18/h2-14,20,25-26H,15-16H2,1H3,(H,33,35)/t20-,25?,26-/m1/s1. The number of para-hydroxylation sites is 1. The molecule has 0 saturated heterocycles. The lowest BCUT2D eigenvalue weighted by Gasteiger charge is -2.37. The number of halogens is 2. The van der Waals surface area contributed by atoms with Crippen LogP contribution in [0.5, 0.6) is 0 Å². The van der Waals surface area contributed by atoms with Crippen molar-refractivity contribution in [3.05, 3.63) is 113 Å². The molecule has 6 heteroatoms. The predicted octanol–water partition coefficient (Wildman–Crippen LogP) is 6.18. The first-order chi connectivity index (χ1) is 16.9. The molecule has 35 heavy (non-hydrogen) atoms. The third-order valence-corrected chi connectivity index (χ3v) is 6.81. The highest BCUT2D eigenvalue weighted by atomic mass is 19.1. The van der Waals surface area contributed by atoms with Crippen molar-refractivity contribution in [3.8, 4) is 0 Å². The van der Waals surface area contributed by atoms with Gasteiger partial charge in [-0.3, -0.25) is 14.6 Å². The van der Waals surface area contributed by atoms with Crippen molar-refractivity contribution in [2.24, 2.45) is 10.9 Å². The number of allylic oxidation sites excluding steroid dienone is 2. The van der Waals surface area contributed by atoms with Crippen molar-refractivity contribution in [1.29, 1.82) is 0 Å². The van der Waals surface area contributed by atoms with Gasteiger partial charge in [-0.05, 0) is 42.5 Å². The van der Waals surface area contributed by atoms with Gasteiger partial charge in [-0.2, -0.15) is 0 Å². The van der Waals surface area contributed by atoms with E-state index < -0.39 is 35.1 Å². The maximum absolute atomic E-state index is 14.3. The van der Waals surface area contributed by atoms with Crippen molar-refractivity contribution in [1.82, 2.24) is 0 Å². The molecule has 5 rings (SSSR count). The van der Waals surface area contributed by atoms with Crippen LogP contribution in [0.15, 0.2) is 95.1 Å². The fourth-order valence-corrected chi connectivity index (χ4v) is 5.20. The Kier molecular flexibility index (Phi) is 6.12. The first kappa shape index (κ1) is 22.8. The van der Waals surface area contributed by atoms with Crippen LogP contribution >= 0.6 is 0 Å². The zero-order valence-corrected chi connectivity index (χ0v) is 19.2. The Morgan fingerprint density at radius 2 is 1.46 bits per heavy atom. The first-order valence-corrected chi connectivity index (χ1v) is 11.6. The summed E-state index contributed by atoms with van der Waals surface area (Å²) >= 11 is 0. The smallest absolute Gasteiger partial charge is 0.234 e. The molecule has 176 valence electrons. The number of Topliss-reactive ketones (excluding diaryl/α,β-unsaturated/α-hetero) is 1. The lowest BCUT2D eigenvalue weighted by molar-refractivity contribution is -0.119. The molecule has 1 heterocycles. The molecule has 1 amide bonds. The fourth-order valence-electron chi connectivity index (χ4n) is 5.20. The lowest BCUT2D eigenvalue weighted by atomic mass is 9.69. The van der Waals surface area contributed by atoms with Crippen LogP contribution in [0, 0.1) is 17.6 Å². The van der Waals surface area contributed by atoms with E-state index in [0.717, 1.165) is 23.3 Å². The molecular weight excluding hydrogens is 446 g/mol. The number of benzene rings is 3. The fraction of sp³-hybridized carbons (Fsp3) is 0.207. The second kappa shape index (κ2) is 9.37. The molecule has 0 radical (unpaired) electrons. The number of rotatable bonds is 4. The minimum atomic E-state index is -0.882. The highest BCUT2D eigenvalue weighted by molar-refractivity contribution is 6.13. The Labute approximate surface area is 202 Å². The quantitative estimate of drug-likeness (QED) is 0.495. The molecule has 0 saturated carbocycles. The Hall–Kier alpha value is -3.93. The summed E-state index contributed by atoms with van der Waals surface area (Å²) in [7, 11) is 0. The van der Waals surface area contributed by atoms with Gasteiger partial charge in [-0.25, -0.2) is 8.78 Å². The molecule has 0 aromatic heterocycles. The second-order valence-corrected chi connectivity index (χ2v) is 9.00. The third kappa shape index (κ3) is 4.32. The zero-order valence-electron chi connectivity index (χ0n) is 19.2. The largest absolute Gasteiger partial charge is 0.321 e. The van der Waals surface area contributed by atoms with E-state index in [-0.39, 0.29) is 11.7 Å². The molecular formula is C29H24F2N2O2. The zero-order chi connectivity index (χ0) is 24.5. The van der Waals surface area contributed by atoms with Crippen LogP contribution in [0.3, 0.4) is 0 Å².